The van der Waals surface area contributed by atoms with E-state index in [9.17, 15) is 43.5 Å². The van der Waals surface area contributed by atoms with E-state index in [1.807, 2.05) is 35.9 Å². The number of hydrogen-bond donors (Lipinski definition) is 5. The first-order chi connectivity index (χ1) is 46.6. The number of carbonyl (C=O) groups excluding carboxylic acids is 7. The zero-order valence-corrected chi connectivity index (χ0v) is 60.2. The normalized spacial score (nSPS) is 17.5. The summed E-state index contributed by atoms with van der Waals surface area (Å²) in [5.74, 6) is -2.86. The maximum Gasteiger partial charge on any atom is 1.00 e. The molecule has 524 valence electrons. The Morgan fingerprint density at radius 2 is 0.800 bits per heavy atom. The first-order valence-electron chi connectivity index (χ1n) is 31.3. The first kappa shape index (κ1) is 79.3. The molecule has 0 radical (unpaired) electrons. The summed E-state index contributed by atoms with van der Waals surface area (Å²) in [5.41, 5.74) is 4.92. The fourth-order valence-corrected chi connectivity index (χ4v) is 13.8. The Balaban J connectivity index is 0.000000230. The van der Waals surface area contributed by atoms with Gasteiger partial charge in [0.25, 0.3) is 17.7 Å². The third kappa shape index (κ3) is 16.3. The van der Waals surface area contributed by atoms with Crippen molar-refractivity contribution >= 4 is 150 Å². The smallest absolute Gasteiger partial charge is 0.870 e. The summed E-state index contributed by atoms with van der Waals surface area (Å²) < 4.78 is 21.1. The van der Waals surface area contributed by atoms with E-state index in [0.29, 0.717) is 115 Å². The predicted octanol–water partition coefficient (Wildman–Crippen LogP) is 10.6. The van der Waals surface area contributed by atoms with Gasteiger partial charge in [-0.05, 0) is 133 Å². The second-order valence-electron chi connectivity index (χ2n) is 23.6. The molecule has 6 aromatic carbocycles. The number of methoxy groups -OCH3 is 2. The van der Waals surface area contributed by atoms with Crippen molar-refractivity contribution in [3.05, 3.63) is 208 Å². The number of rotatable bonds is 12. The van der Waals surface area contributed by atoms with Gasteiger partial charge in [0.15, 0.2) is 0 Å². The number of hydrogen-bond acceptors (Lipinski definition) is 12. The molecule has 12 rings (SSSR count). The molecular weight excluding hydrogens is 1400 g/mol. The molecule has 6 N–H and O–H groups in total. The number of carboxylic acid groups (broad SMARTS) is 1. The predicted molar refractivity (Wildman–Crippen MR) is 386 cm³/mol. The molecule has 0 aliphatic carbocycles. The van der Waals surface area contributed by atoms with Crippen LogP contribution in [0.1, 0.15) is 135 Å². The largest absolute Gasteiger partial charge is 1.00 e. The molecule has 3 atom stereocenters. The van der Waals surface area contributed by atoms with Gasteiger partial charge in [0.1, 0.15) is 17.1 Å². The van der Waals surface area contributed by atoms with Crippen molar-refractivity contribution < 1.29 is 78.6 Å². The van der Waals surface area contributed by atoms with Gasteiger partial charge in [-0.15, -0.1) is 0 Å². The molecule has 6 heterocycles. The Morgan fingerprint density at radius 1 is 0.500 bits per heavy atom. The van der Waals surface area contributed by atoms with Gasteiger partial charge in [0.2, 0.25) is 11.8 Å². The Hall–Kier alpha value is -8.04. The van der Waals surface area contributed by atoms with E-state index in [1.165, 1.54) is 40.2 Å². The Morgan fingerprint density at radius 3 is 1.07 bits per heavy atom. The van der Waals surface area contributed by atoms with E-state index in [-0.39, 0.29) is 73.4 Å². The molecule has 0 saturated carbocycles. The van der Waals surface area contributed by atoms with E-state index >= 15 is 0 Å². The van der Waals surface area contributed by atoms with Crippen LogP contribution in [0, 0.1) is 0 Å². The maximum absolute atomic E-state index is 13.5. The summed E-state index contributed by atoms with van der Waals surface area (Å²) in [4.78, 5) is 102. The molecule has 0 bridgehead atoms. The van der Waals surface area contributed by atoms with E-state index in [2.05, 4.69) is 21.3 Å². The number of aryl methyl sites for hydroxylation is 3. The van der Waals surface area contributed by atoms with E-state index in [4.69, 9.17) is 80.5 Å². The number of nitrogens with one attached hydrogen (secondary N) is 4. The summed E-state index contributed by atoms with van der Waals surface area (Å²) in [5, 5.41) is 26.6. The van der Waals surface area contributed by atoms with Gasteiger partial charge in [0, 0.05) is 102 Å². The van der Waals surface area contributed by atoms with E-state index in [0.717, 1.165) is 51.6 Å². The van der Waals surface area contributed by atoms with Gasteiger partial charge < -0.3 is 64.8 Å². The molecule has 3 saturated heterocycles. The van der Waals surface area contributed by atoms with Crippen LogP contribution in [0.2, 0.25) is 30.1 Å². The number of ether oxygens (including phenoxy) is 2. The number of aromatic nitrogens is 3. The topological polar surface area (TPSA) is 275 Å². The molecular formula is C72H76Cl6LiN9O12. The van der Waals surface area contributed by atoms with Crippen molar-refractivity contribution in [1.82, 2.24) is 44.8 Å². The Labute approximate surface area is 622 Å². The molecule has 0 spiro atoms. The SMILES string of the molecule is C.CC(=O)N1CCC(NC(=O)c2cc3c(Cl)c(Cl)ccc3n2C)(c2ccc(C(=O)O)cc2)C1.COC(=O)c1ccc(C2(NC(=O)c3cc4c(Cl)c(Cl)ccc4n3C)CCN(C(C)=O)C2)cc1.COC(=O)c1ccc(C2(NC(=O)c3cc4c(Cl)c(Cl)ccc4n3C)CCNC2)cc1.[2H]CC.[Li+].[OH-]. The van der Waals surface area contributed by atoms with Crippen molar-refractivity contribution in [2.45, 2.75) is 71.0 Å². The van der Waals surface area contributed by atoms with Gasteiger partial charge >= 0.3 is 36.8 Å². The van der Waals surface area contributed by atoms with Crippen molar-refractivity contribution in [3.8, 4) is 0 Å². The fourth-order valence-electron chi connectivity index (χ4n) is 12.7. The van der Waals surface area contributed by atoms with E-state index in [1.54, 1.807) is 131 Å². The minimum absolute atomic E-state index is 0. The number of benzene rings is 6. The number of fused-ring (bicyclic) bond motifs is 3. The quantitative estimate of drug-likeness (QED) is 0.0563. The molecule has 3 unspecified atom stereocenters. The van der Waals surface area contributed by atoms with Crippen LogP contribution in [0.4, 0.5) is 0 Å². The summed E-state index contributed by atoms with van der Waals surface area (Å²) >= 11 is 37.4. The number of carbonyl (C=O) groups is 8. The molecule has 3 aromatic heterocycles. The summed E-state index contributed by atoms with van der Waals surface area (Å²) in [7, 11) is 8.05. The second kappa shape index (κ2) is 33.6. The molecule has 3 aliphatic rings. The molecule has 21 nitrogen and oxygen atoms in total. The standard InChI is InChI=1S/C24H23Cl2N3O4.C23H21Cl2N3O4.C22H21Cl2N3O3.C2H6.CH4.Li.H2O/c1-14(30)29-11-10-24(13-29,16-6-4-15(5-7-16)23(32)33-3)27-22(31)20-12-17-19(28(20)2)9-8-18(25)21(17)26;1-13(29)28-10-9-23(12-28,15-5-3-14(4-6-15)22(31)32)26-21(30)19-11-16-18(27(19)2)8-7-17(24)20(16)25;1-27-17-8-7-16(23)19(24)15(17)11-18(27)20(28)26-22(9-10-25-12-22)14-5-3-13(4-6-14)21(29)30-2;1-2;;;/h4-9,12H,10-11,13H2,1-3H3,(H,27,31);3-8,11H,9-10,12H2,1-2H3,(H,26,30)(H,31,32);3-8,11,25H,9-10,12H2,1-2H3,(H,26,28);1-2H3;1H4;;1H2/q;;;;;+1;/p-1/i;;;1D;;;. The van der Waals surface area contributed by atoms with Crippen molar-refractivity contribution in [2.75, 3.05) is 53.5 Å². The van der Waals surface area contributed by atoms with Crippen LogP contribution in [0.15, 0.2) is 127 Å². The summed E-state index contributed by atoms with van der Waals surface area (Å²) in [6.45, 7) is 8.24. The van der Waals surface area contributed by atoms with Gasteiger partial charge in [-0.2, -0.15) is 0 Å². The van der Waals surface area contributed by atoms with Gasteiger partial charge in [-0.1, -0.05) is 127 Å². The average molecular weight is 1480 g/mol. The Bertz CT molecular complexity index is 4600. The van der Waals surface area contributed by atoms with Gasteiger partial charge in [-0.25, -0.2) is 14.4 Å². The summed E-state index contributed by atoms with van der Waals surface area (Å²) in [6, 6.07) is 36.1. The van der Waals surface area contributed by atoms with Crippen LogP contribution in [0.5, 0.6) is 0 Å². The molecule has 3 fully saturated rings. The number of esters is 2. The average Bonchev–Trinajstić information content (AvgIpc) is 1.65. The maximum atomic E-state index is 13.5. The zero-order valence-electron chi connectivity index (χ0n) is 56.7. The van der Waals surface area contributed by atoms with Crippen LogP contribution >= 0.6 is 69.6 Å². The number of aromatic carboxylic acids is 1. The molecule has 100 heavy (non-hydrogen) atoms. The number of carboxylic acids is 1. The number of likely N-dealkylation sites (tertiary alicyclic amines) is 2. The molecule has 28 heteroatoms. The molecule has 3 aliphatic heterocycles. The Kier molecular flexibility index (Phi) is 26.7. The zero-order chi connectivity index (χ0) is 71.3. The van der Waals surface area contributed by atoms with Crippen LogP contribution in [-0.2, 0) is 56.8 Å². The molecule has 5 amide bonds. The van der Waals surface area contributed by atoms with Gasteiger partial charge in [-0.3, -0.25) is 24.0 Å². The van der Waals surface area contributed by atoms with Crippen LogP contribution in [0.25, 0.3) is 32.7 Å². The third-order valence-corrected chi connectivity index (χ3v) is 20.5. The minimum atomic E-state index is -1.03. The number of nitrogens with zero attached hydrogens (tertiary/aromatic N) is 5. The summed E-state index contributed by atoms with van der Waals surface area (Å²) in [6.07, 6.45) is 1.76. The number of halogens is 6. The third-order valence-electron chi connectivity index (χ3n) is 18.1. The van der Waals surface area contributed by atoms with E-state index < -0.39 is 34.5 Å². The van der Waals surface area contributed by atoms with Crippen molar-refractivity contribution in [3.63, 3.8) is 0 Å². The monoisotopic (exact) mass is 1480 g/mol. The van der Waals surface area contributed by atoms with Crippen molar-refractivity contribution in [1.29, 1.82) is 0 Å². The number of amides is 5. The molecule has 9 aromatic rings. The first-order valence-corrected chi connectivity index (χ1v) is 32.8. The van der Waals surface area contributed by atoms with Gasteiger partial charge in [0.05, 0.1) is 77.7 Å². The second-order valence-corrected chi connectivity index (χ2v) is 25.9. The van der Waals surface area contributed by atoms with Crippen molar-refractivity contribution in [2.24, 2.45) is 21.1 Å². The minimum Gasteiger partial charge on any atom is -0.870 e. The van der Waals surface area contributed by atoms with Crippen LogP contribution in [-0.4, -0.2) is 135 Å². The van der Waals surface area contributed by atoms with Crippen LogP contribution in [0.3, 0.4) is 0 Å². The fraction of sp³-hybridized carbons (Fsp3) is 0.306. The van der Waals surface area contributed by atoms with Crippen LogP contribution < -0.4 is 40.1 Å².